The lowest BCUT2D eigenvalue weighted by molar-refractivity contribution is -0.0214. The fraction of sp³-hybridized carbons (Fsp3) is 0.333. The Morgan fingerprint density at radius 3 is 3.00 bits per heavy atom. The first kappa shape index (κ1) is 18.9. The molecule has 146 valence electrons. The smallest absolute Gasteiger partial charge is 0.138 e. The molecular weight excluding hydrogens is 376 g/mol. The zero-order valence-corrected chi connectivity index (χ0v) is 16.5. The SMILES string of the molecule is CC1CN(CCOc2ccc3c(Nc4ccc(Cl)nc4)nccc3c2)CCO1. The van der Waals surface area contributed by atoms with Crippen molar-refractivity contribution in [2.24, 2.45) is 0 Å². The van der Waals surface area contributed by atoms with Crippen LogP contribution in [-0.2, 0) is 4.74 Å². The summed E-state index contributed by atoms with van der Waals surface area (Å²) in [7, 11) is 0. The highest BCUT2D eigenvalue weighted by Crippen LogP contribution is 2.27. The van der Waals surface area contributed by atoms with Crippen LogP contribution in [0.5, 0.6) is 5.75 Å². The van der Waals surface area contributed by atoms with Crippen molar-refractivity contribution in [1.29, 1.82) is 0 Å². The minimum atomic E-state index is 0.295. The van der Waals surface area contributed by atoms with Crippen LogP contribution in [-0.4, -0.2) is 53.8 Å². The van der Waals surface area contributed by atoms with Crippen LogP contribution in [0.1, 0.15) is 6.92 Å². The number of hydrogen-bond acceptors (Lipinski definition) is 6. The van der Waals surface area contributed by atoms with E-state index in [4.69, 9.17) is 21.1 Å². The van der Waals surface area contributed by atoms with Crippen molar-refractivity contribution >= 4 is 33.9 Å². The molecule has 2 aromatic heterocycles. The van der Waals surface area contributed by atoms with Gasteiger partial charge in [0.05, 0.1) is 24.6 Å². The molecule has 1 unspecified atom stereocenters. The second-order valence-corrected chi connectivity index (χ2v) is 7.25. The highest BCUT2D eigenvalue weighted by Gasteiger charge is 2.16. The number of benzene rings is 1. The van der Waals surface area contributed by atoms with Gasteiger partial charge in [-0.3, -0.25) is 4.90 Å². The van der Waals surface area contributed by atoms with Crippen LogP contribution in [0.2, 0.25) is 5.15 Å². The fourth-order valence-corrected chi connectivity index (χ4v) is 3.43. The van der Waals surface area contributed by atoms with Gasteiger partial charge in [-0.15, -0.1) is 0 Å². The third kappa shape index (κ3) is 4.70. The number of anilines is 2. The van der Waals surface area contributed by atoms with E-state index in [0.29, 0.717) is 17.9 Å². The average molecular weight is 399 g/mol. The summed E-state index contributed by atoms with van der Waals surface area (Å²) in [5, 5.41) is 5.84. The molecule has 6 nitrogen and oxygen atoms in total. The molecule has 28 heavy (non-hydrogen) atoms. The number of hydrogen-bond donors (Lipinski definition) is 1. The number of nitrogens with zero attached hydrogens (tertiary/aromatic N) is 3. The van der Waals surface area contributed by atoms with Crippen LogP contribution in [0.4, 0.5) is 11.5 Å². The Balaban J connectivity index is 1.42. The molecule has 0 radical (unpaired) electrons. The van der Waals surface area contributed by atoms with Crippen LogP contribution < -0.4 is 10.1 Å². The largest absolute Gasteiger partial charge is 0.492 e. The van der Waals surface area contributed by atoms with Gasteiger partial charge in [-0.05, 0) is 48.7 Å². The molecule has 0 amide bonds. The van der Waals surface area contributed by atoms with E-state index < -0.39 is 0 Å². The normalized spacial score (nSPS) is 17.6. The predicted octanol–water partition coefficient (Wildman–Crippen LogP) is 4.13. The molecule has 0 spiro atoms. The van der Waals surface area contributed by atoms with Gasteiger partial charge in [-0.25, -0.2) is 9.97 Å². The number of pyridine rings is 2. The first-order valence-corrected chi connectivity index (χ1v) is 9.79. The van der Waals surface area contributed by atoms with E-state index in [1.54, 1.807) is 18.5 Å². The molecule has 3 heterocycles. The Hall–Kier alpha value is -2.41. The molecule has 1 atom stereocenters. The maximum absolute atomic E-state index is 5.98. The lowest BCUT2D eigenvalue weighted by Crippen LogP contribution is -2.42. The monoisotopic (exact) mass is 398 g/mol. The third-order valence-corrected chi connectivity index (χ3v) is 4.95. The first-order chi connectivity index (χ1) is 13.7. The first-order valence-electron chi connectivity index (χ1n) is 9.41. The van der Waals surface area contributed by atoms with Gasteiger partial charge in [0.15, 0.2) is 0 Å². The summed E-state index contributed by atoms with van der Waals surface area (Å²) in [6.07, 6.45) is 3.77. The standard InChI is InChI=1S/C21H23ClN4O2/c1-15-14-26(8-10-27-15)9-11-28-18-3-4-19-16(12-18)6-7-23-21(19)25-17-2-5-20(22)24-13-17/h2-7,12-13,15H,8-11,14H2,1H3,(H,23,25). The van der Waals surface area contributed by atoms with Crippen molar-refractivity contribution in [2.75, 3.05) is 38.2 Å². The summed E-state index contributed by atoms with van der Waals surface area (Å²) in [6, 6.07) is 11.7. The van der Waals surface area contributed by atoms with E-state index in [1.165, 1.54) is 0 Å². The summed E-state index contributed by atoms with van der Waals surface area (Å²) in [5.41, 5.74) is 0.837. The van der Waals surface area contributed by atoms with Gasteiger partial charge in [0.2, 0.25) is 0 Å². The third-order valence-electron chi connectivity index (χ3n) is 4.73. The van der Waals surface area contributed by atoms with Crippen LogP contribution in [0.3, 0.4) is 0 Å². The van der Waals surface area contributed by atoms with Crippen molar-refractivity contribution in [3.63, 3.8) is 0 Å². The van der Waals surface area contributed by atoms with E-state index in [2.05, 4.69) is 27.1 Å². The predicted molar refractivity (Wildman–Crippen MR) is 112 cm³/mol. The van der Waals surface area contributed by atoms with Crippen molar-refractivity contribution in [1.82, 2.24) is 14.9 Å². The number of aromatic nitrogens is 2. The highest BCUT2D eigenvalue weighted by atomic mass is 35.5. The molecule has 4 rings (SSSR count). The zero-order chi connectivity index (χ0) is 19.3. The van der Waals surface area contributed by atoms with E-state index in [0.717, 1.165) is 54.3 Å². The summed E-state index contributed by atoms with van der Waals surface area (Å²) in [6.45, 7) is 6.38. The second-order valence-electron chi connectivity index (χ2n) is 6.87. The average Bonchev–Trinajstić information content (AvgIpc) is 2.70. The summed E-state index contributed by atoms with van der Waals surface area (Å²) in [4.78, 5) is 10.9. The topological polar surface area (TPSA) is 59.5 Å². The zero-order valence-electron chi connectivity index (χ0n) is 15.8. The Morgan fingerprint density at radius 2 is 2.18 bits per heavy atom. The molecule has 3 aromatic rings. The fourth-order valence-electron chi connectivity index (χ4n) is 3.32. The van der Waals surface area contributed by atoms with E-state index in [-0.39, 0.29) is 0 Å². The molecule has 1 aliphatic rings. The summed E-state index contributed by atoms with van der Waals surface area (Å²) < 4.78 is 11.6. The number of nitrogens with one attached hydrogen (secondary N) is 1. The van der Waals surface area contributed by atoms with Gasteiger partial charge >= 0.3 is 0 Å². The molecule has 1 saturated heterocycles. The number of ether oxygens (including phenoxy) is 2. The summed E-state index contributed by atoms with van der Waals surface area (Å²) >= 11 is 5.85. The number of rotatable bonds is 6. The van der Waals surface area contributed by atoms with Crippen LogP contribution in [0.25, 0.3) is 10.8 Å². The minimum Gasteiger partial charge on any atom is -0.492 e. The lowest BCUT2D eigenvalue weighted by atomic mass is 10.1. The summed E-state index contributed by atoms with van der Waals surface area (Å²) in [5.74, 6) is 1.63. The van der Waals surface area contributed by atoms with Gasteiger partial charge in [0.1, 0.15) is 23.3 Å². The highest BCUT2D eigenvalue weighted by molar-refractivity contribution is 6.29. The molecule has 7 heteroatoms. The molecule has 1 aromatic carbocycles. The molecule has 1 N–H and O–H groups in total. The minimum absolute atomic E-state index is 0.295. The lowest BCUT2D eigenvalue weighted by Gasteiger charge is -2.30. The molecule has 0 aliphatic carbocycles. The van der Waals surface area contributed by atoms with Crippen LogP contribution in [0, 0.1) is 0 Å². The Morgan fingerprint density at radius 1 is 1.25 bits per heavy atom. The van der Waals surface area contributed by atoms with E-state index in [1.807, 2.05) is 30.3 Å². The van der Waals surface area contributed by atoms with Crippen molar-refractivity contribution in [3.8, 4) is 5.75 Å². The van der Waals surface area contributed by atoms with E-state index in [9.17, 15) is 0 Å². The van der Waals surface area contributed by atoms with Crippen molar-refractivity contribution in [3.05, 3.63) is 53.9 Å². The molecular formula is C21H23ClN4O2. The molecule has 0 bridgehead atoms. The van der Waals surface area contributed by atoms with Gasteiger partial charge in [0, 0.05) is 31.2 Å². The molecule has 1 fully saturated rings. The van der Waals surface area contributed by atoms with Crippen molar-refractivity contribution in [2.45, 2.75) is 13.0 Å². The molecule has 1 aliphatic heterocycles. The van der Waals surface area contributed by atoms with Crippen LogP contribution in [0.15, 0.2) is 48.8 Å². The maximum atomic E-state index is 5.98. The van der Waals surface area contributed by atoms with Crippen LogP contribution >= 0.6 is 11.6 Å². The van der Waals surface area contributed by atoms with E-state index >= 15 is 0 Å². The Bertz CT molecular complexity index is 935. The number of halogens is 1. The molecule has 0 saturated carbocycles. The second kappa shape index (κ2) is 8.73. The van der Waals surface area contributed by atoms with Gasteiger partial charge in [0.25, 0.3) is 0 Å². The number of morpholine rings is 1. The number of fused-ring (bicyclic) bond motifs is 1. The van der Waals surface area contributed by atoms with Crippen molar-refractivity contribution < 1.29 is 9.47 Å². The van der Waals surface area contributed by atoms with Gasteiger partial charge in [-0.2, -0.15) is 0 Å². The van der Waals surface area contributed by atoms with Gasteiger partial charge in [-0.1, -0.05) is 11.6 Å². The quantitative estimate of drug-likeness (QED) is 0.630. The Labute approximate surface area is 169 Å². The van der Waals surface area contributed by atoms with Gasteiger partial charge < -0.3 is 14.8 Å². The Kier molecular flexibility index (Phi) is 5.90. The maximum Gasteiger partial charge on any atom is 0.138 e.